The minimum absolute atomic E-state index is 0.0348. The molecule has 0 spiro atoms. The maximum atomic E-state index is 13.9. The van der Waals surface area contributed by atoms with Crippen LogP contribution in [0.1, 0.15) is 30.3 Å². The Kier molecular flexibility index (Phi) is 5.55. The van der Waals surface area contributed by atoms with Crippen molar-refractivity contribution < 1.29 is 13.9 Å². The second-order valence-electron chi connectivity index (χ2n) is 7.19. The van der Waals surface area contributed by atoms with Gasteiger partial charge in [0.1, 0.15) is 17.3 Å². The van der Waals surface area contributed by atoms with Gasteiger partial charge in [-0.25, -0.2) is 14.4 Å². The van der Waals surface area contributed by atoms with Crippen molar-refractivity contribution >= 4 is 23.3 Å². The molecule has 0 bridgehead atoms. The number of halogens is 2. The van der Waals surface area contributed by atoms with Crippen LogP contribution in [-0.4, -0.2) is 28.5 Å². The quantitative estimate of drug-likeness (QED) is 0.632. The lowest BCUT2D eigenvalue weighted by atomic mass is 10.2. The number of benzene rings is 2. The molecule has 154 valence electrons. The van der Waals surface area contributed by atoms with Crippen LogP contribution in [-0.2, 0) is 0 Å². The average molecular weight is 427 g/mol. The minimum Gasteiger partial charge on any atom is -0.454 e. The Morgan fingerprint density at radius 1 is 1.20 bits per heavy atom. The lowest BCUT2D eigenvalue weighted by Gasteiger charge is -2.23. The van der Waals surface area contributed by atoms with Gasteiger partial charge in [0.25, 0.3) is 5.91 Å². The van der Waals surface area contributed by atoms with Gasteiger partial charge in [0, 0.05) is 35.3 Å². The van der Waals surface area contributed by atoms with Crippen molar-refractivity contribution in [3.05, 3.63) is 65.1 Å². The molecule has 1 amide bonds. The third-order valence-electron chi connectivity index (χ3n) is 5.05. The molecule has 2 heterocycles. The van der Waals surface area contributed by atoms with Crippen LogP contribution in [0.3, 0.4) is 0 Å². The molecule has 1 atom stereocenters. The van der Waals surface area contributed by atoms with Gasteiger partial charge < -0.3 is 15.4 Å². The second-order valence-corrected chi connectivity index (χ2v) is 7.62. The molecule has 3 aromatic rings. The van der Waals surface area contributed by atoms with Crippen molar-refractivity contribution in [2.75, 3.05) is 11.4 Å². The molecule has 0 aliphatic carbocycles. The molecule has 1 aliphatic rings. The Morgan fingerprint density at radius 2 is 1.97 bits per heavy atom. The second kappa shape index (κ2) is 8.28. The van der Waals surface area contributed by atoms with E-state index in [0.717, 1.165) is 19.4 Å². The normalized spacial score (nSPS) is 16.0. The van der Waals surface area contributed by atoms with Gasteiger partial charge >= 0.3 is 0 Å². The number of primary amides is 1. The topological polar surface area (TPSA) is 81.3 Å². The van der Waals surface area contributed by atoms with E-state index in [1.807, 2.05) is 0 Å². The fourth-order valence-electron chi connectivity index (χ4n) is 3.46. The van der Waals surface area contributed by atoms with Crippen LogP contribution in [0.25, 0.3) is 11.4 Å². The highest BCUT2D eigenvalue weighted by atomic mass is 35.5. The number of anilines is 1. The standard InChI is InChI=1S/C22H20ClFN4O2/c1-13-3-2-10-28(13)20-12-18(21(25)29)26-22(27-20)14-4-7-16(8-5-14)30-19-11-15(23)6-9-17(19)24/h4-9,11-13H,2-3,10H2,1H3,(H2,25,29). The van der Waals surface area contributed by atoms with Crippen molar-refractivity contribution in [3.8, 4) is 22.9 Å². The van der Waals surface area contributed by atoms with Crippen molar-refractivity contribution in [1.82, 2.24) is 9.97 Å². The first kappa shape index (κ1) is 20.1. The molecule has 1 aliphatic heterocycles. The molecule has 2 aromatic carbocycles. The van der Waals surface area contributed by atoms with Crippen LogP contribution in [0.4, 0.5) is 10.2 Å². The maximum absolute atomic E-state index is 13.9. The first-order valence-corrected chi connectivity index (χ1v) is 9.97. The van der Waals surface area contributed by atoms with Crippen molar-refractivity contribution in [2.45, 2.75) is 25.8 Å². The molecular weight excluding hydrogens is 407 g/mol. The summed E-state index contributed by atoms with van der Waals surface area (Å²) in [7, 11) is 0. The number of amides is 1. The molecule has 1 saturated heterocycles. The minimum atomic E-state index is -0.608. The van der Waals surface area contributed by atoms with Crippen LogP contribution < -0.4 is 15.4 Å². The van der Waals surface area contributed by atoms with Gasteiger partial charge in [-0.3, -0.25) is 4.79 Å². The molecule has 0 radical (unpaired) electrons. The number of aromatic nitrogens is 2. The zero-order valence-corrected chi connectivity index (χ0v) is 17.1. The molecule has 1 unspecified atom stereocenters. The molecule has 4 rings (SSSR count). The maximum Gasteiger partial charge on any atom is 0.267 e. The van der Waals surface area contributed by atoms with Crippen LogP contribution in [0.2, 0.25) is 5.02 Å². The van der Waals surface area contributed by atoms with E-state index in [2.05, 4.69) is 21.8 Å². The summed E-state index contributed by atoms with van der Waals surface area (Å²) in [5.74, 6) is 0.418. The first-order chi connectivity index (χ1) is 14.4. The summed E-state index contributed by atoms with van der Waals surface area (Å²) in [5.41, 5.74) is 6.33. The third-order valence-corrected chi connectivity index (χ3v) is 5.28. The fourth-order valence-corrected chi connectivity index (χ4v) is 3.63. The van der Waals surface area contributed by atoms with Crippen LogP contribution in [0.15, 0.2) is 48.5 Å². The molecular formula is C22H20ClFN4O2. The largest absolute Gasteiger partial charge is 0.454 e. The molecule has 0 saturated carbocycles. The predicted molar refractivity (Wildman–Crippen MR) is 114 cm³/mol. The summed E-state index contributed by atoms with van der Waals surface area (Å²) in [6, 6.07) is 12.9. The Bertz CT molecular complexity index is 1090. The average Bonchev–Trinajstić information content (AvgIpc) is 3.17. The summed E-state index contributed by atoms with van der Waals surface area (Å²) < 4.78 is 19.5. The summed E-state index contributed by atoms with van der Waals surface area (Å²) >= 11 is 5.90. The van der Waals surface area contributed by atoms with E-state index in [0.29, 0.717) is 34.0 Å². The molecule has 6 nitrogen and oxygen atoms in total. The molecule has 2 N–H and O–H groups in total. The fraction of sp³-hybridized carbons (Fsp3) is 0.227. The van der Waals surface area contributed by atoms with Gasteiger partial charge in [-0.05, 0) is 56.2 Å². The van der Waals surface area contributed by atoms with Gasteiger partial charge in [-0.2, -0.15) is 0 Å². The molecule has 30 heavy (non-hydrogen) atoms. The first-order valence-electron chi connectivity index (χ1n) is 9.59. The third kappa shape index (κ3) is 4.21. The number of nitrogens with zero attached hydrogens (tertiary/aromatic N) is 3. The highest BCUT2D eigenvalue weighted by Gasteiger charge is 2.23. The Balaban J connectivity index is 1.64. The van der Waals surface area contributed by atoms with Gasteiger partial charge in [0.05, 0.1) is 0 Å². The van der Waals surface area contributed by atoms with Crippen LogP contribution in [0, 0.1) is 5.82 Å². The van der Waals surface area contributed by atoms with Crippen LogP contribution in [0.5, 0.6) is 11.5 Å². The summed E-state index contributed by atoms with van der Waals surface area (Å²) in [6.07, 6.45) is 2.13. The van der Waals surface area contributed by atoms with Crippen molar-refractivity contribution in [1.29, 1.82) is 0 Å². The van der Waals surface area contributed by atoms with E-state index in [1.54, 1.807) is 30.3 Å². The Morgan fingerprint density at radius 3 is 2.63 bits per heavy atom. The Hall–Kier alpha value is -3.19. The van der Waals surface area contributed by atoms with E-state index in [1.165, 1.54) is 18.2 Å². The molecule has 8 heteroatoms. The number of rotatable bonds is 5. The monoisotopic (exact) mass is 426 g/mol. The zero-order valence-electron chi connectivity index (χ0n) is 16.3. The molecule has 1 fully saturated rings. The van der Waals surface area contributed by atoms with Gasteiger partial charge in [-0.15, -0.1) is 0 Å². The van der Waals surface area contributed by atoms with E-state index < -0.39 is 11.7 Å². The number of carbonyl (C=O) groups is 1. The van der Waals surface area contributed by atoms with Gasteiger partial charge in [0.15, 0.2) is 17.4 Å². The summed E-state index contributed by atoms with van der Waals surface area (Å²) in [4.78, 5) is 22.9. The Labute approximate surface area is 178 Å². The summed E-state index contributed by atoms with van der Waals surface area (Å²) in [5, 5.41) is 0.378. The number of hydrogen-bond acceptors (Lipinski definition) is 5. The predicted octanol–water partition coefficient (Wildman–Crippen LogP) is 4.82. The summed E-state index contributed by atoms with van der Waals surface area (Å²) in [6.45, 7) is 2.99. The van der Waals surface area contributed by atoms with E-state index in [4.69, 9.17) is 22.1 Å². The van der Waals surface area contributed by atoms with Crippen LogP contribution >= 0.6 is 11.6 Å². The number of carbonyl (C=O) groups excluding carboxylic acids is 1. The van der Waals surface area contributed by atoms with Crippen molar-refractivity contribution in [2.24, 2.45) is 5.73 Å². The van der Waals surface area contributed by atoms with E-state index in [9.17, 15) is 9.18 Å². The lowest BCUT2D eigenvalue weighted by molar-refractivity contribution is 0.0995. The highest BCUT2D eigenvalue weighted by molar-refractivity contribution is 6.30. The zero-order chi connectivity index (χ0) is 21.3. The van der Waals surface area contributed by atoms with E-state index in [-0.39, 0.29) is 11.4 Å². The smallest absolute Gasteiger partial charge is 0.267 e. The van der Waals surface area contributed by atoms with Gasteiger partial charge in [-0.1, -0.05) is 11.6 Å². The lowest BCUT2D eigenvalue weighted by Crippen LogP contribution is -2.28. The van der Waals surface area contributed by atoms with E-state index >= 15 is 0 Å². The number of ether oxygens (including phenoxy) is 1. The van der Waals surface area contributed by atoms with Gasteiger partial charge in [0.2, 0.25) is 0 Å². The SMILES string of the molecule is CC1CCCN1c1cc(C(N)=O)nc(-c2ccc(Oc3cc(Cl)ccc3F)cc2)n1. The number of hydrogen-bond donors (Lipinski definition) is 1. The molecule has 1 aromatic heterocycles. The van der Waals surface area contributed by atoms with Crippen molar-refractivity contribution in [3.63, 3.8) is 0 Å². The number of nitrogens with two attached hydrogens (primary N) is 1. The highest BCUT2D eigenvalue weighted by Crippen LogP contribution is 2.30.